The lowest BCUT2D eigenvalue weighted by atomic mass is 10.1. The van der Waals surface area contributed by atoms with Crippen LogP contribution in [0, 0.1) is 12.8 Å². The Bertz CT molecular complexity index is 1290. The maximum absolute atomic E-state index is 12.9. The van der Waals surface area contributed by atoms with E-state index in [2.05, 4.69) is 16.0 Å². The predicted molar refractivity (Wildman–Crippen MR) is 148 cm³/mol. The minimum Gasteiger partial charge on any atom is -0.478 e. The van der Waals surface area contributed by atoms with E-state index in [0.29, 0.717) is 17.9 Å². The quantitative estimate of drug-likeness (QED) is 0.311. The molecule has 0 aliphatic rings. The lowest BCUT2D eigenvalue weighted by Crippen LogP contribution is -2.42. The molecule has 9 heteroatoms. The monoisotopic (exact) mass is 516 g/mol. The van der Waals surface area contributed by atoms with Crippen LogP contribution in [0.4, 0.5) is 21.9 Å². The number of nitrogens with one attached hydrogen (secondary N) is 3. The maximum atomic E-state index is 12.9. The highest BCUT2D eigenvalue weighted by Gasteiger charge is 2.18. The van der Waals surface area contributed by atoms with Crippen LogP contribution >= 0.6 is 0 Å². The van der Waals surface area contributed by atoms with Gasteiger partial charge in [-0.25, -0.2) is 9.59 Å². The molecule has 0 aromatic heterocycles. The fraction of sp³-hybridized carbons (Fsp3) is 0.241. The molecule has 0 bridgehead atoms. The molecule has 0 aliphatic heterocycles. The first kappa shape index (κ1) is 27.9. The minimum atomic E-state index is -1.04. The lowest BCUT2D eigenvalue weighted by molar-refractivity contribution is -0.124. The molecule has 198 valence electrons. The number of aryl methyl sites for hydroxylation is 1. The first-order chi connectivity index (χ1) is 18.1. The highest BCUT2D eigenvalue weighted by Crippen LogP contribution is 2.18. The van der Waals surface area contributed by atoms with Crippen molar-refractivity contribution in [3.05, 3.63) is 89.5 Å². The van der Waals surface area contributed by atoms with E-state index < -0.39 is 5.97 Å². The van der Waals surface area contributed by atoms with Crippen LogP contribution in [0.25, 0.3) is 0 Å². The number of urea groups is 1. The summed E-state index contributed by atoms with van der Waals surface area (Å²) in [6, 6.07) is 20.0. The summed E-state index contributed by atoms with van der Waals surface area (Å²) in [6.07, 6.45) is 0.0699. The number of aromatic carboxylic acids is 1. The molecule has 0 radical (unpaired) electrons. The number of carboxylic acid groups (broad SMARTS) is 1. The number of nitrogens with zero attached hydrogens (tertiary/aromatic N) is 1. The van der Waals surface area contributed by atoms with E-state index in [1.54, 1.807) is 41.3 Å². The normalized spacial score (nSPS) is 10.5. The molecule has 0 spiro atoms. The zero-order chi connectivity index (χ0) is 27.7. The summed E-state index contributed by atoms with van der Waals surface area (Å²) in [6.45, 7) is 6.08. The number of hydrogen-bond acceptors (Lipinski definition) is 4. The van der Waals surface area contributed by atoms with Crippen molar-refractivity contribution in [3.63, 3.8) is 0 Å². The zero-order valence-electron chi connectivity index (χ0n) is 21.7. The van der Waals surface area contributed by atoms with Crippen LogP contribution < -0.4 is 20.9 Å². The van der Waals surface area contributed by atoms with Gasteiger partial charge in [-0.2, -0.15) is 0 Å². The molecule has 0 fully saturated rings. The van der Waals surface area contributed by atoms with Gasteiger partial charge in [-0.3, -0.25) is 9.59 Å². The number of carboxylic acids is 1. The van der Waals surface area contributed by atoms with E-state index in [9.17, 15) is 19.2 Å². The summed E-state index contributed by atoms with van der Waals surface area (Å²) in [5.41, 5.74) is 3.67. The number of carbonyl (C=O) groups is 4. The number of para-hydroxylation sites is 1. The Labute approximate surface area is 221 Å². The van der Waals surface area contributed by atoms with Crippen LogP contribution in [0.5, 0.6) is 0 Å². The van der Waals surface area contributed by atoms with Crippen LogP contribution in [0.15, 0.2) is 72.8 Å². The Balaban J connectivity index is 1.52. The predicted octanol–water partition coefficient (Wildman–Crippen LogP) is 4.69. The molecule has 0 heterocycles. The third-order valence-electron chi connectivity index (χ3n) is 5.68. The largest absolute Gasteiger partial charge is 0.478 e. The standard InChI is InChI=1S/C29H32N4O5/c1-19(2)18-33(24-14-10-22(11-15-24)28(36)37)27(35)17-30-26(34)16-21-8-12-23(13-9-21)31-29(38)32-25-7-5-4-6-20(25)3/h4-15,19H,16-18H2,1-3H3,(H,30,34)(H,36,37)(H2,31,32,38). The minimum absolute atomic E-state index is 0.0699. The second-order valence-electron chi connectivity index (χ2n) is 9.29. The van der Waals surface area contributed by atoms with Gasteiger partial charge in [0.1, 0.15) is 0 Å². The highest BCUT2D eigenvalue weighted by molar-refractivity contribution is 6.00. The van der Waals surface area contributed by atoms with Crippen molar-refractivity contribution >= 4 is 40.9 Å². The molecular formula is C29H32N4O5. The molecule has 0 unspecified atom stereocenters. The van der Waals surface area contributed by atoms with E-state index >= 15 is 0 Å². The average molecular weight is 517 g/mol. The summed E-state index contributed by atoms with van der Waals surface area (Å²) in [5.74, 6) is -1.49. The van der Waals surface area contributed by atoms with Gasteiger partial charge in [-0.15, -0.1) is 0 Å². The first-order valence-corrected chi connectivity index (χ1v) is 12.3. The van der Waals surface area contributed by atoms with Crippen LogP contribution in [0.2, 0.25) is 0 Å². The molecule has 3 aromatic rings. The summed E-state index contributed by atoms with van der Waals surface area (Å²) in [7, 11) is 0. The Morgan fingerprint density at radius 1 is 0.868 bits per heavy atom. The number of rotatable bonds is 10. The second kappa shape index (κ2) is 13.0. The van der Waals surface area contributed by atoms with Crippen molar-refractivity contribution in [1.29, 1.82) is 0 Å². The Morgan fingerprint density at radius 2 is 1.53 bits per heavy atom. The van der Waals surface area contributed by atoms with Crippen molar-refractivity contribution in [2.24, 2.45) is 5.92 Å². The molecule has 9 nitrogen and oxygen atoms in total. The molecule has 4 amide bonds. The SMILES string of the molecule is Cc1ccccc1NC(=O)Nc1ccc(CC(=O)NCC(=O)N(CC(C)C)c2ccc(C(=O)O)cc2)cc1. The Hall–Kier alpha value is -4.66. The third-order valence-corrected chi connectivity index (χ3v) is 5.68. The number of anilines is 3. The van der Waals surface area contributed by atoms with Crippen molar-refractivity contribution in [3.8, 4) is 0 Å². The van der Waals surface area contributed by atoms with Gasteiger partial charge in [0.05, 0.1) is 18.5 Å². The molecule has 3 rings (SSSR count). The van der Waals surface area contributed by atoms with E-state index in [0.717, 1.165) is 16.8 Å². The average Bonchev–Trinajstić information content (AvgIpc) is 2.88. The summed E-state index contributed by atoms with van der Waals surface area (Å²) < 4.78 is 0. The van der Waals surface area contributed by atoms with Gasteiger partial charge in [0.15, 0.2) is 0 Å². The van der Waals surface area contributed by atoms with E-state index in [-0.39, 0.29) is 42.3 Å². The van der Waals surface area contributed by atoms with Crippen LogP contribution in [0.1, 0.15) is 35.3 Å². The topological polar surface area (TPSA) is 128 Å². The molecule has 0 saturated carbocycles. The molecule has 0 aliphatic carbocycles. The molecular weight excluding hydrogens is 484 g/mol. The van der Waals surface area contributed by atoms with Crippen LogP contribution in [-0.2, 0) is 16.0 Å². The van der Waals surface area contributed by atoms with E-state index in [4.69, 9.17) is 5.11 Å². The van der Waals surface area contributed by atoms with Gasteiger partial charge in [0.25, 0.3) is 0 Å². The van der Waals surface area contributed by atoms with E-state index in [1.807, 2.05) is 45.0 Å². The van der Waals surface area contributed by atoms with Crippen molar-refractivity contribution < 1.29 is 24.3 Å². The molecule has 3 aromatic carbocycles. The maximum Gasteiger partial charge on any atom is 0.335 e. The van der Waals surface area contributed by atoms with Gasteiger partial charge >= 0.3 is 12.0 Å². The van der Waals surface area contributed by atoms with Crippen molar-refractivity contribution in [1.82, 2.24) is 5.32 Å². The van der Waals surface area contributed by atoms with Gasteiger partial charge in [-0.1, -0.05) is 44.2 Å². The number of hydrogen-bond donors (Lipinski definition) is 4. The first-order valence-electron chi connectivity index (χ1n) is 12.3. The smallest absolute Gasteiger partial charge is 0.335 e. The van der Waals surface area contributed by atoms with Gasteiger partial charge in [-0.05, 0) is 66.4 Å². The lowest BCUT2D eigenvalue weighted by Gasteiger charge is -2.25. The summed E-state index contributed by atoms with van der Waals surface area (Å²) in [5, 5.41) is 17.3. The Morgan fingerprint density at radius 3 is 2.13 bits per heavy atom. The number of carbonyl (C=O) groups excluding carboxylic acids is 3. The summed E-state index contributed by atoms with van der Waals surface area (Å²) >= 11 is 0. The number of amides is 4. The molecule has 0 saturated heterocycles. The van der Waals surface area contributed by atoms with Crippen LogP contribution in [0.3, 0.4) is 0 Å². The zero-order valence-corrected chi connectivity index (χ0v) is 21.7. The van der Waals surface area contributed by atoms with Crippen molar-refractivity contribution in [2.45, 2.75) is 27.2 Å². The summed E-state index contributed by atoms with van der Waals surface area (Å²) in [4.78, 5) is 50.3. The van der Waals surface area contributed by atoms with Gasteiger partial charge in [0.2, 0.25) is 11.8 Å². The van der Waals surface area contributed by atoms with Crippen molar-refractivity contribution in [2.75, 3.05) is 28.6 Å². The number of benzene rings is 3. The van der Waals surface area contributed by atoms with Gasteiger partial charge < -0.3 is 26.0 Å². The Kier molecular flexibility index (Phi) is 9.59. The van der Waals surface area contributed by atoms with E-state index in [1.165, 1.54) is 12.1 Å². The fourth-order valence-electron chi connectivity index (χ4n) is 3.72. The molecule has 38 heavy (non-hydrogen) atoms. The van der Waals surface area contributed by atoms with Crippen LogP contribution in [-0.4, -0.2) is 42.0 Å². The fourth-order valence-corrected chi connectivity index (χ4v) is 3.72. The second-order valence-corrected chi connectivity index (χ2v) is 9.29. The third kappa shape index (κ3) is 8.19. The molecule has 4 N–H and O–H groups in total. The highest BCUT2D eigenvalue weighted by atomic mass is 16.4. The van der Waals surface area contributed by atoms with Gasteiger partial charge in [0, 0.05) is 23.6 Å². The molecule has 0 atom stereocenters.